The third-order valence-electron chi connectivity index (χ3n) is 4.46. The van der Waals surface area contributed by atoms with E-state index in [0.717, 1.165) is 19.3 Å². The van der Waals surface area contributed by atoms with Crippen molar-refractivity contribution in [2.45, 2.75) is 95.9 Å². The van der Waals surface area contributed by atoms with Crippen LogP contribution in [0.25, 0.3) is 0 Å². The molecule has 1 aliphatic rings. The number of nitrogens with two attached hydrogens (primary N) is 2. The van der Waals surface area contributed by atoms with Crippen LogP contribution >= 0.6 is 0 Å². The zero-order valence-corrected chi connectivity index (χ0v) is 13.5. The second kappa shape index (κ2) is 10.0. The molecule has 5 heteroatoms. The van der Waals surface area contributed by atoms with E-state index in [9.17, 15) is 10.2 Å². The van der Waals surface area contributed by atoms with Crippen molar-refractivity contribution in [3.8, 4) is 0 Å². The summed E-state index contributed by atoms with van der Waals surface area (Å²) in [5, 5.41) is 20.0. The number of rotatable bonds is 10. The van der Waals surface area contributed by atoms with Crippen molar-refractivity contribution < 1.29 is 14.8 Å². The number of nitrogens with zero attached hydrogens (tertiary/aromatic N) is 1. The van der Waals surface area contributed by atoms with Gasteiger partial charge in [0.25, 0.3) is 0 Å². The fourth-order valence-corrected chi connectivity index (χ4v) is 3.25. The summed E-state index contributed by atoms with van der Waals surface area (Å²) in [6, 6.07) is 0.0737. The average Bonchev–Trinajstić information content (AvgIpc) is 2.78. The van der Waals surface area contributed by atoms with E-state index < -0.39 is 6.23 Å². The largest absolute Gasteiger partial charge is 0.393 e. The standard InChI is InChI=1S/C16H33N3O2/c1-2-3-4-5-6-7-8-9-14(20)12-13-10-11-15(21)19(13)16(17)18/h13-15,20-21H,2-12H2,1H3,(H3,17,18)/p+1/t13-,14-,15?/m0/s1. The van der Waals surface area contributed by atoms with E-state index in [0.29, 0.717) is 12.8 Å². The molecule has 0 aromatic heterocycles. The van der Waals surface area contributed by atoms with E-state index in [4.69, 9.17) is 11.5 Å². The second-order valence-electron chi connectivity index (χ2n) is 6.34. The maximum absolute atomic E-state index is 10.1. The highest BCUT2D eigenvalue weighted by molar-refractivity contribution is 5.70. The topological polar surface area (TPSA) is 95.5 Å². The van der Waals surface area contributed by atoms with Crippen molar-refractivity contribution in [3.05, 3.63) is 0 Å². The van der Waals surface area contributed by atoms with Crippen molar-refractivity contribution in [3.63, 3.8) is 0 Å². The highest BCUT2D eigenvalue weighted by Crippen LogP contribution is 2.23. The molecule has 5 nitrogen and oxygen atoms in total. The van der Waals surface area contributed by atoms with E-state index >= 15 is 0 Å². The van der Waals surface area contributed by atoms with E-state index in [-0.39, 0.29) is 18.1 Å². The molecule has 3 atom stereocenters. The molecular formula is C16H34N3O2+. The Morgan fingerprint density at radius 1 is 1.10 bits per heavy atom. The summed E-state index contributed by atoms with van der Waals surface area (Å²) in [7, 11) is 0. The minimum Gasteiger partial charge on any atom is -0.393 e. The average molecular weight is 300 g/mol. The van der Waals surface area contributed by atoms with Crippen LogP contribution in [0.3, 0.4) is 0 Å². The molecule has 0 spiro atoms. The molecule has 21 heavy (non-hydrogen) atoms. The van der Waals surface area contributed by atoms with Gasteiger partial charge in [-0.3, -0.25) is 11.5 Å². The maximum atomic E-state index is 10.1. The lowest BCUT2D eigenvalue weighted by Crippen LogP contribution is -2.43. The van der Waals surface area contributed by atoms with Crippen LogP contribution in [0.15, 0.2) is 0 Å². The number of aliphatic hydroxyl groups excluding tert-OH is 2. The number of hydrogen-bond donors (Lipinski definition) is 4. The highest BCUT2D eigenvalue weighted by Gasteiger charge is 2.33. The highest BCUT2D eigenvalue weighted by atomic mass is 16.3. The predicted octanol–water partition coefficient (Wildman–Crippen LogP) is 1.64. The van der Waals surface area contributed by atoms with Crippen LogP contribution < -0.4 is 11.5 Å². The van der Waals surface area contributed by atoms with Crippen LogP contribution in [0.5, 0.6) is 0 Å². The van der Waals surface area contributed by atoms with Crippen molar-refractivity contribution in [2.24, 2.45) is 11.5 Å². The summed E-state index contributed by atoms with van der Waals surface area (Å²) in [6.45, 7) is 2.23. The summed E-state index contributed by atoms with van der Waals surface area (Å²) in [5.74, 6) is 0.160. The second-order valence-corrected chi connectivity index (χ2v) is 6.34. The molecule has 6 N–H and O–H groups in total. The van der Waals surface area contributed by atoms with Crippen LogP contribution in [-0.2, 0) is 0 Å². The molecule has 1 fully saturated rings. The first-order valence-electron chi connectivity index (χ1n) is 8.58. The molecule has 0 aromatic rings. The molecule has 1 heterocycles. The third kappa shape index (κ3) is 6.66. The number of hydrogen-bond acceptors (Lipinski definition) is 2. The summed E-state index contributed by atoms with van der Waals surface area (Å²) >= 11 is 0. The van der Waals surface area contributed by atoms with Gasteiger partial charge in [0, 0.05) is 12.8 Å². The Morgan fingerprint density at radius 3 is 2.33 bits per heavy atom. The van der Waals surface area contributed by atoms with Gasteiger partial charge in [0.05, 0.1) is 12.1 Å². The predicted molar refractivity (Wildman–Crippen MR) is 85.9 cm³/mol. The van der Waals surface area contributed by atoms with Crippen LogP contribution in [0, 0.1) is 0 Å². The normalized spacial score (nSPS) is 23.5. The Balaban J connectivity index is 2.16. The summed E-state index contributed by atoms with van der Waals surface area (Å²) in [6.07, 6.45) is 10.9. The van der Waals surface area contributed by atoms with Crippen LogP contribution in [0.2, 0.25) is 0 Å². The first kappa shape index (κ1) is 18.2. The van der Waals surface area contributed by atoms with Crippen molar-refractivity contribution in [2.75, 3.05) is 0 Å². The van der Waals surface area contributed by atoms with Crippen molar-refractivity contribution in [1.29, 1.82) is 0 Å². The molecule has 0 aromatic carbocycles. The molecule has 0 radical (unpaired) electrons. The zero-order valence-electron chi connectivity index (χ0n) is 13.5. The summed E-state index contributed by atoms with van der Waals surface area (Å²) < 4.78 is 1.65. The Morgan fingerprint density at radius 2 is 1.71 bits per heavy atom. The van der Waals surface area contributed by atoms with Gasteiger partial charge in [0.15, 0.2) is 6.23 Å². The van der Waals surface area contributed by atoms with Gasteiger partial charge in [0.2, 0.25) is 0 Å². The minimum absolute atomic E-state index is 0.0737. The Kier molecular flexibility index (Phi) is 8.69. The van der Waals surface area contributed by atoms with Crippen LogP contribution in [0.4, 0.5) is 0 Å². The van der Waals surface area contributed by atoms with Gasteiger partial charge in [-0.25, -0.2) is 4.58 Å². The van der Waals surface area contributed by atoms with Crippen molar-refractivity contribution in [1.82, 2.24) is 0 Å². The van der Waals surface area contributed by atoms with E-state index in [1.165, 1.54) is 38.5 Å². The lowest BCUT2D eigenvalue weighted by Gasteiger charge is -2.18. The fraction of sp³-hybridized carbons (Fsp3) is 0.938. The van der Waals surface area contributed by atoms with Gasteiger partial charge in [-0.2, -0.15) is 0 Å². The first-order valence-corrected chi connectivity index (χ1v) is 8.58. The minimum atomic E-state index is -0.592. The Hall–Kier alpha value is -0.810. The van der Waals surface area contributed by atoms with Gasteiger partial charge in [-0.1, -0.05) is 51.9 Å². The molecule has 0 bridgehead atoms. The molecule has 1 rings (SSSR count). The van der Waals surface area contributed by atoms with E-state index in [2.05, 4.69) is 6.92 Å². The third-order valence-corrected chi connectivity index (χ3v) is 4.46. The lowest BCUT2D eigenvalue weighted by atomic mass is 10.0. The smallest absolute Gasteiger partial charge is 0.343 e. The van der Waals surface area contributed by atoms with Crippen LogP contribution in [0.1, 0.15) is 77.6 Å². The summed E-state index contributed by atoms with van der Waals surface area (Å²) in [5.41, 5.74) is 11.2. The molecule has 0 amide bonds. The van der Waals surface area contributed by atoms with E-state index in [1.54, 1.807) is 4.58 Å². The van der Waals surface area contributed by atoms with E-state index in [1.807, 2.05) is 0 Å². The van der Waals surface area contributed by atoms with Gasteiger partial charge >= 0.3 is 5.96 Å². The van der Waals surface area contributed by atoms with Gasteiger partial charge < -0.3 is 10.2 Å². The zero-order chi connectivity index (χ0) is 15.7. The fourth-order valence-electron chi connectivity index (χ4n) is 3.25. The monoisotopic (exact) mass is 300 g/mol. The number of aliphatic hydroxyl groups is 2. The van der Waals surface area contributed by atoms with Crippen LogP contribution in [-0.4, -0.2) is 39.1 Å². The number of unbranched alkanes of at least 4 members (excludes halogenated alkanes) is 6. The molecule has 1 saturated heterocycles. The van der Waals surface area contributed by atoms with Crippen molar-refractivity contribution >= 4 is 5.96 Å². The summed E-state index contributed by atoms with van der Waals surface area (Å²) in [4.78, 5) is 0. The molecule has 0 aliphatic carbocycles. The Labute approximate surface area is 129 Å². The molecule has 1 aliphatic heterocycles. The maximum Gasteiger partial charge on any atom is 0.343 e. The van der Waals surface area contributed by atoms with Gasteiger partial charge in [-0.15, -0.1) is 0 Å². The quantitative estimate of drug-likeness (QED) is 0.280. The Bertz CT molecular complexity index is 317. The molecule has 0 saturated carbocycles. The number of guanidine groups is 1. The van der Waals surface area contributed by atoms with Gasteiger partial charge in [-0.05, 0) is 12.8 Å². The lowest BCUT2D eigenvalue weighted by molar-refractivity contribution is -0.619. The molecule has 124 valence electrons. The molecule has 1 unspecified atom stereocenters. The SMILES string of the molecule is CCCCCCCCC[C@H](O)C[C@@H]1CCC(O)[N+]1=C(N)N. The molecular weight excluding hydrogens is 266 g/mol. The van der Waals surface area contributed by atoms with Gasteiger partial charge in [0.1, 0.15) is 0 Å². The first-order chi connectivity index (χ1) is 10.1.